The van der Waals surface area contributed by atoms with Crippen LogP contribution in [0, 0.1) is 0 Å². The van der Waals surface area contributed by atoms with E-state index in [4.69, 9.17) is 4.42 Å². The van der Waals surface area contributed by atoms with Crippen LogP contribution in [0.4, 0.5) is 0 Å². The molecule has 3 aromatic rings. The zero-order chi connectivity index (χ0) is 19.3. The number of likely N-dealkylation sites (N-methyl/N-ethyl adjacent to an activating group) is 1. The molecular weight excluding hydrogens is 348 g/mol. The Labute approximate surface area is 166 Å². The second kappa shape index (κ2) is 8.61. The van der Waals surface area contributed by atoms with E-state index in [1.165, 1.54) is 5.56 Å². The van der Waals surface area contributed by atoms with Crippen LogP contribution in [0.25, 0.3) is 11.0 Å². The minimum Gasteiger partial charge on any atom is -0.451 e. The molecular formula is C24H28N2O2. The number of likely N-dealkylation sites (tertiary alicyclic amines) is 1. The van der Waals surface area contributed by atoms with Gasteiger partial charge in [-0.1, -0.05) is 48.5 Å². The van der Waals surface area contributed by atoms with E-state index >= 15 is 0 Å². The second-order valence-electron chi connectivity index (χ2n) is 7.75. The van der Waals surface area contributed by atoms with Gasteiger partial charge in [0, 0.05) is 25.0 Å². The van der Waals surface area contributed by atoms with Crippen molar-refractivity contribution in [2.45, 2.75) is 31.7 Å². The van der Waals surface area contributed by atoms with Crippen LogP contribution in [-0.4, -0.2) is 48.4 Å². The molecule has 0 spiro atoms. The molecule has 4 nitrogen and oxygen atoms in total. The summed E-state index contributed by atoms with van der Waals surface area (Å²) in [6.07, 6.45) is 4.44. The molecule has 1 atom stereocenters. The first-order valence-corrected chi connectivity index (χ1v) is 10.2. The molecule has 0 aliphatic carbocycles. The number of para-hydroxylation sites is 1. The monoisotopic (exact) mass is 376 g/mol. The van der Waals surface area contributed by atoms with Gasteiger partial charge in [-0.25, -0.2) is 0 Å². The largest absolute Gasteiger partial charge is 0.451 e. The maximum absolute atomic E-state index is 12.9. The molecule has 2 heterocycles. The number of aryl methyl sites for hydroxylation is 1. The van der Waals surface area contributed by atoms with E-state index in [1.807, 2.05) is 42.3 Å². The van der Waals surface area contributed by atoms with Crippen LogP contribution in [0.15, 0.2) is 65.1 Å². The number of piperidine rings is 1. The molecule has 1 amide bonds. The van der Waals surface area contributed by atoms with Crippen LogP contribution < -0.4 is 0 Å². The van der Waals surface area contributed by atoms with Crippen LogP contribution >= 0.6 is 0 Å². The third-order valence-corrected chi connectivity index (χ3v) is 5.77. The first-order valence-electron chi connectivity index (χ1n) is 10.2. The molecule has 0 radical (unpaired) electrons. The highest BCUT2D eigenvalue weighted by Crippen LogP contribution is 2.22. The molecule has 4 rings (SSSR count). The predicted molar refractivity (Wildman–Crippen MR) is 113 cm³/mol. The highest BCUT2D eigenvalue weighted by atomic mass is 16.3. The van der Waals surface area contributed by atoms with E-state index in [9.17, 15) is 4.79 Å². The van der Waals surface area contributed by atoms with E-state index in [1.54, 1.807) is 0 Å². The summed E-state index contributed by atoms with van der Waals surface area (Å²) in [4.78, 5) is 17.3. The van der Waals surface area contributed by atoms with Gasteiger partial charge in [0.2, 0.25) is 0 Å². The van der Waals surface area contributed by atoms with E-state index in [0.29, 0.717) is 5.76 Å². The number of benzene rings is 2. The summed E-state index contributed by atoms with van der Waals surface area (Å²) in [6, 6.07) is 20.5. The maximum atomic E-state index is 12.9. The van der Waals surface area contributed by atoms with Crippen molar-refractivity contribution < 1.29 is 9.21 Å². The molecule has 0 saturated carbocycles. The van der Waals surface area contributed by atoms with E-state index in [-0.39, 0.29) is 11.9 Å². The quantitative estimate of drug-likeness (QED) is 0.631. The lowest BCUT2D eigenvalue weighted by Crippen LogP contribution is -2.48. The lowest BCUT2D eigenvalue weighted by atomic mass is 10.0. The van der Waals surface area contributed by atoms with Crippen molar-refractivity contribution in [2.24, 2.45) is 0 Å². The van der Waals surface area contributed by atoms with Crippen LogP contribution in [0.1, 0.15) is 35.4 Å². The summed E-state index contributed by atoms with van der Waals surface area (Å²) in [5.41, 5.74) is 2.17. The Bertz CT molecular complexity index is 886. The number of hydrogen-bond acceptors (Lipinski definition) is 3. The second-order valence-corrected chi connectivity index (χ2v) is 7.75. The molecule has 1 saturated heterocycles. The molecule has 1 aromatic heterocycles. The first kappa shape index (κ1) is 18.8. The van der Waals surface area contributed by atoms with Crippen molar-refractivity contribution in [1.82, 2.24) is 9.80 Å². The zero-order valence-electron chi connectivity index (χ0n) is 16.5. The first-order chi connectivity index (χ1) is 13.7. The van der Waals surface area contributed by atoms with Crippen molar-refractivity contribution in [3.8, 4) is 0 Å². The van der Waals surface area contributed by atoms with Crippen molar-refractivity contribution >= 4 is 16.9 Å². The molecule has 2 aromatic carbocycles. The van der Waals surface area contributed by atoms with Crippen LogP contribution in [0.3, 0.4) is 0 Å². The van der Waals surface area contributed by atoms with Gasteiger partial charge in [0.25, 0.3) is 5.91 Å². The summed E-state index contributed by atoms with van der Waals surface area (Å²) in [5.74, 6) is 0.414. The zero-order valence-corrected chi connectivity index (χ0v) is 16.5. The van der Waals surface area contributed by atoms with Gasteiger partial charge in [-0.2, -0.15) is 0 Å². The number of amides is 1. The van der Waals surface area contributed by atoms with Crippen LogP contribution in [-0.2, 0) is 6.42 Å². The number of furan rings is 1. The molecule has 146 valence electrons. The Kier molecular flexibility index (Phi) is 5.77. The molecule has 1 unspecified atom stereocenters. The van der Waals surface area contributed by atoms with E-state index in [2.05, 4.69) is 35.2 Å². The number of rotatable bonds is 6. The molecule has 0 bridgehead atoms. The van der Waals surface area contributed by atoms with Gasteiger partial charge in [-0.3, -0.25) is 4.79 Å². The minimum atomic E-state index is -0.0210. The van der Waals surface area contributed by atoms with E-state index in [0.717, 1.165) is 56.3 Å². The number of nitrogens with zero attached hydrogens (tertiary/aromatic N) is 2. The molecule has 4 heteroatoms. The summed E-state index contributed by atoms with van der Waals surface area (Å²) in [7, 11) is 1.91. The molecule has 1 fully saturated rings. The normalized spacial score (nSPS) is 17.7. The van der Waals surface area contributed by atoms with Gasteiger partial charge in [-0.05, 0) is 56.5 Å². The Morgan fingerprint density at radius 1 is 1.14 bits per heavy atom. The Balaban J connectivity index is 1.33. The minimum absolute atomic E-state index is 0.0210. The van der Waals surface area contributed by atoms with Gasteiger partial charge < -0.3 is 14.2 Å². The molecule has 1 aliphatic rings. The molecule has 1 aliphatic heterocycles. The predicted octanol–water partition coefficient (Wildman–Crippen LogP) is 4.60. The van der Waals surface area contributed by atoms with Crippen molar-refractivity contribution in [1.29, 1.82) is 0 Å². The average molecular weight is 377 g/mol. The number of carbonyl (C=O) groups is 1. The fourth-order valence-electron chi connectivity index (χ4n) is 4.13. The number of hydrogen-bond donors (Lipinski definition) is 0. The number of carbonyl (C=O) groups excluding carboxylic acids is 1. The summed E-state index contributed by atoms with van der Waals surface area (Å²) in [6.45, 7) is 3.15. The fraction of sp³-hybridized carbons (Fsp3) is 0.375. The highest BCUT2D eigenvalue weighted by molar-refractivity contribution is 5.96. The van der Waals surface area contributed by atoms with E-state index < -0.39 is 0 Å². The Morgan fingerprint density at radius 3 is 2.75 bits per heavy atom. The van der Waals surface area contributed by atoms with Crippen LogP contribution in [0.2, 0.25) is 0 Å². The highest BCUT2D eigenvalue weighted by Gasteiger charge is 2.28. The van der Waals surface area contributed by atoms with Gasteiger partial charge in [0.1, 0.15) is 5.58 Å². The summed E-state index contributed by atoms with van der Waals surface area (Å²) in [5, 5.41) is 0.977. The number of fused-ring (bicyclic) bond motifs is 1. The lowest BCUT2D eigenvalue weighted by Gasteiger charge is -2.37. The van der Waals surface area contributed by atoms with Crippen LogP contribution in [0.5, 0.6) is 0 Å². The summed E-state index contributed by atoms with van der Waals surface area (Å²) >= 11 is 0. The van der Waals surface area contributed by atoms with Gasteiger partial charge >= 0.3 is 0 Å². The molecule has 28 heavy (non-hydrogen) atoms. The third-order valence-electron chi connectivity index (χ3n) is 5.77. The van der Waals surface area contributed by atoms with Gasteiger partial charge in [-0.15, -0.1) is 0 Å². The average Bonchev–Trinajstić information content (AvgIpc) is 3.18. The smallest absolute Gasteiger partial charge is 0.289 e. The third kappa shape index (κ3) is 4.28. The Morgan fingerprint density at radius 2 is 1.93 bits per heavy atom. The maximum Gasteiger partial charge on any atom is 0.289 e. The van der Waals surface area contributed by atoms with Crippen molar-refractivity contribution in [3.05, 3.63) is 72.0 Å². The Hall–Kier alpha value is -2.59. The fourth-order valence-corrected chi connectivity index (χ4v) is 4.13. The van der Waals surface area contributed by atoms with Gasteiger partial charge in [0.15, 0.2) is 5.76 Å². The molecule has 0 N–H and O–H groups in total. The van der Waals surface area contributed by atoms with Crippen molar-refractivity contribution in [2.75, 3.05) is 26.7 Å². The van der Waals surface area contributed by atoms with Crippen molar-refractivity contribution in [3.63, 3.8) is 0 Å². The van der Waals surface area contributed by atoms with Gasteiger partial charge in [0.05, 0.1) is 0 Å². The summed E-state index contributed by atoms with van der Waals surface area (Å²) < 4.78 is 5.78. The standard InChI is InChI=1S/C24H28N2O2/c1-25(24(27)23-17-20-12-5-6-14-22(20)28-23)21-13-8-16-26(18-21)15-7-11-19-9-3-2-4-10-19/h2-6,9-10,12,14,17,21H,7-8,11,13,15-16,18H2,1H3. The SMILES string of the molecule is CN(C(=O)c1cc2ccccc2o1)C1CCCN(CCCc2ccccc2)C1. The topological polar surface area (TPSA) is 36.7 Å². The lowest BCUT2D eigenvalue weighted by molar-refractivity contribution is 0.0589.